The first kappa shape index (κ1) is 23.2. The Kier molecular flexibility index (Phi) is 9.25. The second kappa shape index (κ2) is 12.4. The number of rotatable bonds is 11. The molecule has 166 valence electrons. The SMILES string of the molecule is Cc1ccc(C(=O)CCC(=O)NCCCCN2CCN(Cc3ccccc3)CC2)cc1. The van der Waals surface area contributed by atoms with Crippen molar-refractivity contribution in [2.24, 2.45) is 0 Å². The molecule has 0 saturated carbocycles. The highest BCUT2D eigenvalue weighted by molar-refractivity contribution is 5.97. The lowest BCUT2D eigenvalue weighted by Crippen LogP contribution is -2.46. The number of carbonyl (C=O) groups excluding carboxylic acids is 2. The molecule has 0 bridgehead atoms. The van der Waals surface area contributed by atoms with E-state index in [0.29, 0.717) is 12.1 Å². The third-order valence-electron chi connectivity index (χ3n) is 5.89. The van der Waals surface area contributed by atoms with Gasteiger partial charge in [0.05, 0.1) is 0 Å². The standard InChI is InChI=1S/C26H35N3O2/c1-22-9-11-24(12-10-22)25(30)13-14-26(31)27-15-5-6-16-28-17-19-29(20-18-28)21-23-7-3-2-4-8-23/h2-4,7-12H,5-6,13-21H2,1H3,(H,27,31). The van der Waals surface area contributed by atoms with Crippen LogP contribution in [0.3, 0.4) is 0 Å². The molecule has 5 heteroatoms. The van der Waals surface area contributed by atoms with Gasteiger partial charge in [-0.3, -0.25) is 14.5 Å². The maximum Gasteiger partial charge on any atom is 0.220 e. The van der Waals surface area contributed by atoms with E-state index in [2.05, 4.69) is 45.4 Å². The first-order valence-electron chi connectivity index (χ1n) is 11.5. The van der Waals surface area contributed by atoms with Gasteiger partial charge >= 0.3 is 0 Å². The van der Waals surface area contributed by atoms with Crippen molar-refractivity contribution in [2.75, 3.05) is 39.3 Å². The van der Waals surface area contributed by atoms with E-state index in [1.165, 1.54) is 5.56 Å². The molecule has 1 saturated heterocycles. The van der Waals surface area contributed by atoms with Crippen LogP contribution < -0.4 is 5.32 Å². The lowest BCUT2D eigenvalue weighted by Gasteiger charge is -2.34. The van der Waals surface area contributed by atoms with Crippen LogP contribution in [0.1, 0.15) is 47.2 Å². The minimum Gasteiger partial charge on any atom is -0.356 e. The summed E-state index contributed by atoms with van der Waals surface area (Å²) in [5.74, 6) is -0.00320. The Morgan fingerprint density at radius 2 is 1.52 bits per heavy atom. The Morgan fingerprint density at radius 3 is 2.23 bits per heavy atom. The Labute approximate surface area is 186 Å². The average molecular weight is 422 g/mol. The van der Waals surface area contributed by atoms with Crippen LogP contribution >= 0.6 is 0 Å². The fourth-order valence-corrected chi connectivity index (χ4v) is 3.90. The highest BCUT2D eigenvalue weighted by Crippen LogP contribution is 2.10. The molecule has 5 nitrogen and oxygen atoms in total. The Balaban J connectivity index is 1.21. The van der Waals surface area contributed by atoms with Gasteiger partial charge in [-0.05, 0) is 31.9 Å². The highest BCUT2D eigenvalue weighted by Gasteiger charge is 2.16. The fraction of sp³-hybridized carbons (Fsp3) is 0.462. The van der Waals surface area contributed by atoms with E-state index in [0.717, 1.165) is 57.7 Å². The van der Waals surface area contributed by atoms with Crippen LogP contribution in [0.4, 0.5) is 0 Å². The molecule has 1 aliphatic rings. The zero-order valence-corrected chi connectivity index (χ0v) is 18.7. The zero-order valence-electron chi connectivity index (χ0n) is 18.7. The third kappa shape index (κ3) is 8.27. The number of piperazine rings is 1. The molecule has 0 aromatic heterocycles. The number of aryl methyl sites for hydroxylation is 1. The number of benzene rings is 2. The molecule has 0 atom stereocenters. The van der Waals surface area contributed by atoms with Gasteiger partial charge in [-0.25, -0.2) is 0 Å². The summed E-state index contributed by atoms with van der Waals surface area (Å²) >= 11 is 0. The van der Waals surface area contributed by atoms with Crippen molar-refractivity contribution in [1.82, 2.24) is 15.1 Å². The molecule has 0 aliphatic carbocycles. The van der Waals surface area contributed by atoms with Gasteiger partial charge in [-0.15, -0.1) is 0 Å². The Bertz CT molecular complexity index is 812. The minimum absolute atomic E-state index is 0.0292. The number of nitrogens with zero attached hydrogens (tertiary/aromatic N) is 2. The molecule has 2 aromatic carbocycles. The summed E-state index contributed by atoms with van der Waals surface area (Å²) in [6.07, 6.45) is 2.58. The summed E-state index contributed by atoms with van der Waals surface area (Å²) in [5.41, 5.74) is 3.19. The van der Waals surface area contributed by atoms with Crippen molar-refractivity contribution in [3.8, 4) is 0 Å². The number of Topliss-reactive ketones (excluding diaryl/α,β-unsaturated/α-hetero) is 1. The van der Waals surface area contributed by atoms with Crippen LogP contribution in [-0.2, 0) is 11.3 Å². The largest absolute Gasteiger partial charge is 0.356 e. The summed E-state index contributed by atoms with van der Waals surface area (Å²) in [6, 6.07) is 18.2. The van der Waals surface area contributed by atoms with Crippen LogP contribution in [0.2, 0.25) is 0 Å². The Morgan fingerprint density at radius 1 is 0.839 bits per heavy atom. The molecule has 0 spiro atoms. The number of ketones is 1. The predicted molar refractivity (Wildman–Crippen MR) is 125 cm³/mol. The Hall–Kier alpha value is -2.50. The van der Waals surface area contributed by atoms with Crippen LogP contribution in [-0.4, -0.2) is 60.8 Å². The molecule has 2 aromatic rings. The molecule has 1 heterocycles. The van der Waals surface area contributed by atoms with Crippen LogP contribution in [0.5, 0.6) is 0 Å². The fourth-order valence-electron chi connectivity index (χ4n) is 3.90. The average Bonchev–Trinajstić information content (AvgIpc) is 2.79. The molecule has 3 rings (SSSR count). The van der Waals surface area contributed by atoms with Gasteiger partial charge in [0.25, 0.3) is 0 Å². The predicted octanol–water partition coefficient (Wildman–Crippen LogP) is 3.67. The molecule has 1 N–H and O–H groups in total. The second-order valence-corrected chi connectivity index (χ2v) is 8.45. The summed E-state index contributed by atoms with van der Waals surface area (Å²) in [4.78, 5) is 29.2. The van der Waals surface area contributed by atoms with E-state index in [1.54, 1.807) is 0 Å². The molecule has 31 heavy (non-hydrogen) atoms. The smallest absolute Gasteiger partial charge is 0.220 e. The number of unbranched alkanes of at least 4 members (excludes halogenated alkanes) is 1. The second-order valence-electron chi connectivity index (χ2n) is 8.45. The molecule has 0 radical (unpaired) electrons. The molecule has 1 amide bonds. The van der Waals surface area contributed by atoms with Crippen LogP contribution in [0.15, 0.2) is 54.6 Å². The van der Waals surface area contributed by atoms with Gasteiger partial charge in [0, 0.05) is 57.7 Å². The summed E-state index contributed by atoms with van der Waals surface area (Å²) < 4.78 is 0. The lowest BCUT2D eigenvalue weighted by atomic mass is 10.1. The maximum atomic E-state index is 12.1. The number of hydrogen-bond donors (Lipinski definition) is 1. The molecule has 0 unspecified atom stereocenters. The highest BCUT2D eigenvalue weighted by atomic mass is 16.2. The third-order valence-corrected chi connectivity index (χ3v) is 5.89. The van der Waals surface area contributed by atoms with Gasteiger partial charge in [-0.1, -0.05) is 60.2 Å². The monoisotopic (exact) mass is 421 g/mol. The van der Waals surface area contributed by atoms with Gasteiger partial charge < -0.3 is 10.2 Å². The summed E-state index contributed by atoms with van der Waals surface area (Å²) in [5, 5.41) is 2.95. The van der Waals surface area contributed by atoms with Crippen molar-refractivity contribution in [3.63, 3.8) is 0 Å². The zero-order chi connectivity index (χ0) is 21.9. The van der Waals surface area contributed by atoms with Gasteiger partial charge in [-0.2, -0.15) is 0 Å². The van der Waals surface area contributed by atoms with Crippen molar-refractivity contribution in [2.45, 2.75) is 39.2 Å². The molecule has 1 fully saturated rings. The van der Waals surface area contributed by atoms with E-state index >= 15 is 0 Å². The quantitative estimate of drug-likeness (QED) is 0.444. The first-order chi connectivity index (χ1) is 15.1. The lowest BCUT2D eigenvalue weighted by molar-refractivity contribution is -0.121. The summed E-state index contributed by atoms with van der Waals surface area (Å²) in [7, 11) is 0. The van der Waals surface area contributed by atoms with E-state index in [-0.39, 0.29) is 24.5 Å². The first-order valence-corrected chi connectivity index (χ1v) is 11.5. The minimum atomic E-state index is -0.0324. The van der Waals surface area contributed by atoms with Crippen LogP contribution in [0.25, 0.3) is 0 Å². The topological polar surface area (TPSA) is 52.7 Å². The van der Waals surface area contributed by atoms with Crippen molar-refractivity contribution >= 4 is 11.7 Å². The number of carbonyl (C=O) groups is 2. The van der Waals surface area contributed by atoms with Crippen LogP contribution in [0, 0.1) is 6.92 Å². The summed E-state index contributed by atoms with van der Waals surface area (Å²) in [6.45, 7) is 9.25. The molecular formula is C26H35N3O2. The van der Waals surface area contributed by atoms with E-state index in [1.807, 2.05) is 31.2 Å². The molecular weight excluding hydrogens is 386 g/mol. The van der Waals surface area contributed by atoms with E-state index < -0.39 is 0 Å². The van der Waals surface area contributed by atoms with Crippen molar-refractivity contribution in [3.05, 3.63) is 71.3 Å². The van der Waals surface area contributed by atoms with E-state index in [4.69, 9.17) is 0 Å². The number of nitrogens with one attached hydrogen (secondary N) is 1. The normalized spacial score (nSPS) is 15.0. The van der Waals surface area contributed by atoms with Crippen molar-refractivity contribution in [1.29, 1.82) is 0 Å². The van der Waals surface area contributed by atoms with E-state index in [9.17, 15) is 9.59 Å². The maximum absolute atomic E-state index is 12.1. The number of amides is 1. The molecule has 1 aliphatic heterocycles. The van der Waals surface area contributed by atoms with Gasteiger partial charge in [0.1, 0.15) is 0 Å². The number of hydrogen-bond acceptors (Lipinski definition) is 4. The van der Waals surface area contributed by atoms with Crippen molar-refractivity contribution < 1.29 is 9.59 Å². The van der Waals surface area contributed by atoms with Gasteiger partial charge in [0.2, 0.25) is 5.91 Å². The van der Waals surface area contributed by atoms with Gasteiger partial charge in [0.15, 0.2) is 5.78 Å².